The molecule has 0 aliphatic carbocycles. The van der Waals surface area contributed by atoms with Gasteiger partial charge in [-0.2, -0.15) is 0 Å². The van der Waals surface area contributed by atoms with Crippen LogP contribution in [0.15, 0.2) is 0 Å². The number of rotatable bonds is 5. The summed E-state index contributed by atoms with van der Waals surface area (Å²) < 4.78 is 0. The first-order valence-electron chi connectivity index (χ1n) is 3.94. The highest BCUT2D eigenvalue weighted by Gasteiger charge is 1.99. The first kappa shape index (κ1) is 9.88. The fourth-order valence-corrected chi connectivity index (χ4v) is 0.871. The van der Waals surface area contributed by atoms with E-state index in [0.29, 0.717) is 0 Å². The van der Waals surface area contributed by atoms with Crippen molar-refractivity contribution in [3.63, 3.8) is 0 Å². The van der Waals surface area contributed by atoms with Crippen LogP contribution in [0.1, 0.15) is 20.3 Å². The Kier molecular flexibility index (Phi) is 5.58. The monoisotopic (exact) mass is 145 g/mol. The van der Waals surface area contributed by atoms with E-state index in [1.807, 2.05) is 0 Å². The molecule has 3 heteroatoms. The summed E-state index contributed by atoms with van der Waals surface area (Å²) in [5, 5.41) is 0. The molecule has 0 rings (SSSR count). The second kappa shape index (κ2) is 5.65. The van der Waals surface area contributed by atoms with Crippen molar-refractivity contribution < 1.29 is 0 Å². The molecule has 0 aromatic heterocycles. The van der Waals surface area contributed by atoms with Crippen molar-refractivity contribution >= 4 is 0 Å². The van der Waals surface area contributed by atoms with Gasteiger partial charge in [-0.05, 0) is 19.5 Å². The van der Waals surface area contributed by atoms with Gasteiger partial charge in [-0.1, -0.05) is 13.8 Å². The van der Waals surface area contributed by atoms with E-state index in [1.54, 1.807) is 0 Å². The van der Waals surface area contributed by atoms with E-state index in [1.165, 1.54) is 0 Å². The van der Waals surface area contributed by atoms with Gasteiger partial charge in [0.1, 0.15) is 0 Å². The maximum atomic E-state index is 5.40. The Morgan fingerprint density at radius 1 is 1.20 bits per heavy atom. The van der Waals surface area contributed by atoms with E-state index < -0.39 is 0 Å². The smallest absolute Gasteiger partial charge is 0.0533 e. The molecule has 0 bridgehead atoms. The van der Waals surface area contributed by atoms with Gasteiger partial charge in [-0.15, -0.1) is 0 Å². The minimum atomic E-state index is -0.152. The molecule has 0 aliphatic rings. The van der Waals surface area contributed by atoms with Crippen molar-refractivity contribution in [2.45, 2.75) is 26.4 Å². The number of hydrogen-bond donors (Lipinski definition) is 2. The van der Waals surface area contributed by atoms with E-state index in [9.17, 15) is 0 Å². The lowest BCUT2D eigenvalue weighted by Crippen LogP contribution is -2.35. The summed E-state index contributed by atoms with van der Waals surface area (Å²) in [4.78, 5) is 2.31. The molecule has 0 heterocycles. The first-order chi connectivity index (χ1) is 4.70. The van der Waals surface area contributed by atoms with Gasteiger partial charge >= 0.3 is 0 Å². The summed E-state index contributed by atoms with van der Waals surface area (Å²) in [6.07, 6.45) is 0.738. The number of nitrogens with two attached hydrogens (primary N) is 2. The van der Waals surface area contributed by atoms with Crippen LogP contribution in [-0.4, -0.2) is 30.7 Å². The van der Waals surface area contributed by atoms with E-state index in [-0.39, 0.29) is 6.17 Å². The molecule has 0 aromatic carbocycles. The Balaban J connectivity index is 3.26. The highest BCUT2D eigenvalue weighted by atomic mass is 15.1. The summed E-state index contributed by atoms with van der Waals surface area (Å²) in [7, 11) is 0. The second-order valence-corrected chi connectivity index (χ2v) is 2.48. The van der Waals surface area contributed by atoms with Crippen molar-refractivity contribution in [2.24, 2.45) is 11.5 Å². The predicted octanol–water partition coefficient (Wildman–Crippen LogP) is -0.0382. The minimum Gasteiger partial charge on any atom is -0.316 e. The maximum Gasteiger partial charge on any atom is 0.0533 e. The average Bonchev–Trinajstić information content (AvgIpc) is 1.90. The Labute approximate surface area is 63.4 Å². The molecule has 3 nitrogen and oxygen atoms in total. The van der Waals surface area contributed by atoms with Crippen molar-refractivity contribution in [3.05, 3.63) is 0 Å². The first-order valence-corrected chi connectivity index (χ1v) is 3.94. The summed E-state index contributed by atoms with van der Waals surface area (Å²) in [5.74, 6) is 0. The van der Waals surface area contributed by atoms with Crippen LogP contribution in [-0.2, 0) is 0 Å². The minimum absolute atomic E-state index is 0.152. The van der Waals surface area contributed by atoms with Crippen LogP contribution in [0.2, 0.25) is 0 Å². The zero-order valence-electron chi connectivity index (χ0n) is 7.01. The molecule has 0 aliphatic heterocycles. The zero-order chi connectivity index (χ0) is 7.98. The largest absolute Gasteiger partial charge is 0.316 e. The van der Waals surface area contributed by atoms with Crippen molar-refractivity contribution in [2.75, 3.05) is 19.6 Å². The lowest BCUT2D eigenvalue weighted by Gasteiger charge is -2.18. The third-order valence-electron chi connectivity index (χ3n) is 1.67. The summed E-state index contributed by atoms with van der Waals surface area (Å²) >= 11 is 0. The highest BCUT2D eigenvalue weighted by Crippen LogP contribution is 1.89. The zero-order valence-corrected chi connectivity index (χ0v) is 7.01. The van der Waals surface area contributed by atoms with Gasteiger partial charge in [0.05, 0.1) is 6.17 Å². The van der Waals surface area contributed by atoms with Crippen molar-refractivity contribution in [1.82, 2.24) is 4.90 Å². The fourth-order valence-electron chi connectivity index (χ4n) is 0.871. The van der Waals surface area contributed by atoms with Crippen molar-refractivity contribution in [3.8, 4) is 0 Å². The van der Waals surface area contributed by atoms with Gasteiger partial charge in [-0.3, -0.25) is 0 Å². The fraction of sp³-hybridized carbons (Fsp3) is 1.00. The number of nitrogens with zero attached hydrogens (tertiary/aromatic N) is 1. The van der Waals surface area contributed by atoms with Crippen LogP contribution in [0.5, 0.6) is 0 Å². The standard InChI is InChI=1S/C7H19N3/c1-3-10(4-2)6-5-7(8)9/h7H,3-6,8-9H2,1-2H3. The molecule has 0 saturated heterocycles. The van der Waals surface area contributed by atoms with Crippen molar-refractivity contribution in [1.29, 1.82) is 0 Å². The summed E-state index contributed by atoms with van der Waals surface area (Å²) in [5.41, 5.74) is 10.8. The summed E-state index contributed by atoms with van der Waals surface area (Å²) in [6.45, 7) is 7.48. The topological polar surface area (TPSA) is 55.3 Å². The van der Waals surface area contributed by atoms with Gasteiger partial charge in [0.2, 0.25) is 0 Å². The number of hydrogen-bond acceptors (Lipinski definition) is 3. The molecule has 0 unspecified atom stereocenters. The van der Waals surface area contributed by atoms with Crippen LogP contribution >= 0.6 is 0 Å². The molecule has 0 radical (unpaired) electrons. The molecular weight excluding hydrogens is 126 g/mol. The van der Waals surface area contributed by atoms with E-state index in [2.05, 4.69) is 18.7 Å². The molecule has 0 fully saturated rings. The molecule has 0 amide bonds. The predicted molar refractivity (Wildman–Crippen MR) is 44.6 cm³/mol. The molecule has 10 heavy (non-hydrogen) atoms. The molecule has 0 saturated carbocycles. The normalized spacial score (nSPS) is 11.4. The third kappa shape index (κ3) is 4.73. The Bertz CT molecular complexity index is 69.3. The quantitative estimate of drug-likeness (QED) is 0.534. The van der Waals surface area contributed by atoms with Crippen LogP contribution in [0, 0.1) is 0 Å². The molecule has 4 N–H and O–H groups in total. The Hall–Kier alpha value is -0.120. The van der Waals surface area contributed by atoms with Gasteiger partial charge in [-0.25, -0.2) is 0 Å². The highest BCUT2D eigenvalue weighted by molar-refractivity contribution is 4.57. The van der Waals surface area contributed by atoms with E-state index in [4.69, 9.17) is 11.5 Å². The van der Waals surface area contributed by atoms with Gasteiger partial charge < -0.3 is 16.4 Å². The van der Waals surface area contributed by atoms with Crippen LogP contribution in [0.3, 0.4) is 0 Å². The summed E-state index contributed by atoms with van der Waals surface area (Å²) in [6, 6.07) is 0. The second-order valence-electron chi connectivity index (χ2n) is 2.48. The van der Waals surface area contributed by atoms with Gasteiger partial charge in [0.15, 0.2) is 0 Å². The van der Waals surface area contributed by atoms with E-state index >= 15 is 0 Å². The third-order valence-corrected chi connectivity index (χ3v) is 1.67. The average molecular weight is 145 g/mol. The molecule has 0 atom stereocenters. The SMILES string of the molecule is CCN(CC)CCC(N)N. The van der Waals surface area contributed by atoms with E-state index in [0.717, 1.165) is 26.1 Å². The Morgan fingerprint density at radius 3 is 2.00 bits per heavy atom. The lowest BCUT2D eigenvalue weighted by atomic mass is 10.3. The van der Waals surface area contributed by atoms with Gasteiger partial charge in [0, 0.05) is 6.54 Å². The molecule has 0 aromatic rings. The molecular formula is C7H19N3. The molecule has 0 spiro atoms. The maximum absolute atomic E-state index is 5.40. The van der Waals surface area contributed by atoms with Crippen LogP contribution < -0.4 is 11.5 Å². The van der Waals surface area contributed by atoms with Crippen LogP contribution in [0.4, 0.5) is 0 Å². The Morgan fingerprint density at radius 2 is 1.70 bits per heavy atom. The lowest BCUT2D eigenvalue weighted by molar-refractivity contribution is 0.291. The molecule has 62 valence electrons. The van der Waals surface area contributed by atoms with Gasteiger partial charge in [0.25, 0.3) is 0 Å². The van der Waals surface area contributed by atoms with Crippen LogP contribution in [0.25, 0.3) is 0 Å².